The summed E-state index contributed by atoms with van der Waals surface area (Å²) in [6.07, 6.45) is 2.94. The van der Waals surface area contributed by atoms with E-state index >= 15 is 0 Å². The molecular weight excluding hydrogens is 222 g/mol. The first-order valence-electron chi connectivity index (χ1n) is 5.74. The van der Waals surface area contributed by atoms with Crippen molar-refractivity contribution in [2.75, 3.05) is 6.61 Å². The van der Waals surface area contributed by atoms with Crippen molar-refractivity contribution in [2.24, 2.45) is 5.73 Å². The molecule has 1 rings (SSSR count). The van der Waals surface area contributed by atoms with Crippen molar-refractivity contribution >= 4 is 12.4 Å². The van der Waals surface area contributed by atoms with E-state index in [1.54, 1.807) is 0 Å². The Bertz CT molecular complexity index is 291. The van der Waals surface area contributed by atoms with Crippen LogP contribution in [0.15, 0.2) is 24.3 Å². The third kappa shape index (κ3) is 4.86. The molecule has 16 heavy (non-hydrogen) atoms. The Labute approximate surface area is 105 Å². The summed E-state index contributed by atoms with van der Waals surface area (Å²) in [6.45, 7) is 5.00. The lowest BCUT2D eigenvalue weighted by Crippen LogP contribution is -2.21. The first-order chi connectivity index (χ1) is 7.27. The molecule has 0 saturated carbocycles. The number of hydrogen-bond donors (Lipinski definition) is 1. The number of halogens is 1. The second kappa shape index (κ2) is 8.43. The van der Waals surface area contributed by atoms with Gasteiger partial charge in [0.1, 0.15) is 5.75 Å². The molecule has 0 fully saturated rings. The van der Waals surface area contributed by atoms with Crippen molar-refractivity contribution in [3.8, 4) is 5.75 Å². The fourth-order valence-corrected chi connectivity index (χ4v) is 1.45. The summed E-state index contributed by atoms with van der Waals surface area (Å²) in [5.74, 6) is 0.989. The van der Waals surface area contributed by atoms with Gasteiger partial charge in [-0.1, -0.05) is 32.0 Å². The van der Waals surface area contributed by atoms with Gasteiger partial charge in [0.2, 0.25) is 0 Å². The summed E-state index contributed by atoms with van der Waals surface area (Å²) in [6, 6.07) is 8.40. The minimum absolute atomic E-state index is 0. The van der Waals surface area contributed by atoms with Crippen LogP contribution in [0.1, 0.15) is 32.3 Å². The molecule has 0 bridgehead atoms. The predicted molar refractivity (Wildman–Crippen MR) is 71.4 cm³/mol. The highest BCUT2D eigenvalue weighted by molar-refractivity contribution is 5.85. The van der Waals surface area contributed by atoms with E-state index in [0.717, 1.165) is 31.6 Å². The number of para-hydroxylation sites is 1. The van der Waals surface area contributed by atoms with Gasteiger partial charge in [-0.25, -0.2) is 0 Å². The summed E-state index contributed by atoms with van der Waals surface area (Å²) in [5.41, 5.74) is 7.17. The van der Waals surface area contributed by atoms with E-state index < -0.39 is 0 Å². The predicted octanol–water partition coefficient (Wildman–Crippen LogP) is 3.18. The van der Waals surface area contributed by atoms with Crippen molar-refractivity contribution in [3.05, 3.63) is 29.8 Å². The Hall–Kier alpha value is -0.730. The molecule has 0 aliphatic carbocycles. The third-order valence-electron chi connectivity index (χ3n) is 2.44. The van der Waals surface area contributed by atoms with Gasteiger partial charge in [-0.3, -0.25) is 0 Å². The van der Waals surface area contributed by atoms with Crippen LogP contribution in [0.2, 0.25) is 0 Å². The molecule has 0 amide bonds. The molecular formula is C13H22ClNO. The fraction of sp³-hybridized carbons (Fsp3) is 0.538. The number of nitrogens with two attached hydrogens (primary N) is 1. The quantitative estimate of drug-likeness (QED) is 0.833. The molecule has 1 unspecified atom stereocenters. The SMILES string of the molecule is CCCOc1ccccc1CC(N)CC.Cl. The number of ether oxygens (including phenoxy) is 1. The number of hydrogen-bond acceptors (Lipinski definition) is 2. The van der Waals surface area contributed by atoms with E-state index in [0.29, 0.717) is 0 Å². The minimum atomic E-state index is 0. The molecule has 1 aromatic rings. The van der Waals surface area contributed by atoms with Crippen LogP contribution >= 0.6 is 12.4 Å². The van der Waals surface area contributed by atoms with E-state index in [1.165, 1.54) is 5.56 Å². The van der Waals surface area contributed by atoms with Gasteiger partial charge in [0, 0.05) is 6.04 Å². The largest absolute Gasteiger partial charge is 0.493 e. The maximum Gasteiger partial charge on any atom is 0.122 e. The Kier molecular flexibility index (Phi) is 8.04. The average Bonchev–Trinajstić information content (AvgIpc) is 2.28. The van der Waals surface area contributed by atoms with Crippen LogP contribution in [0.25, 0.3) is 0 Å². The van der Waals surface area contributed by atoms with E-state index in [-0.39, 0.29) is 18.4 Å². The number of rotatable bonds is 6. The molecule has 0 heterocycles. The van der Waals surface area contributed by atoms with Crippen LogP contribution < -0.4 is 10.5 Å². The van der Waals surface area contributed by atoms with Crippen LogP contribution in [0, 0.1) is 0 Å². The van der Waals surface area contributed by atoms with Crippen LogP contribution in [-0.4, -0.2) is 12.6 Å². The van der Waals surface area contributed by atoms with E-state index in [9.17, 15) is 0 Å². The van der Waals surface area contributed by atoms with Gasteiger partial charge in [-0.2, -0.15) is 0 Å². The van der Waals surface area contributed by atoms with Crippen molar-refractivity contribution in [1.82, 2.24) is 0 Å². The maximum absolute atomic E-state index is 5.95. The van der Waals surface area contributed by atoms with Crippen LogP contribution in [0.4, 0.5) is 0 Å². The Morgan fingerprint density at radius 2 is 1.94 bits per heavy atom. The van der Waals surface area contributed by atoms with Gasteiger partial charge in [0.25, 0.3) is 0 Å². The van der Waals surface area contributed by atoms with Gasteiger partial charge in [-0.15, -0.1) is 12.4 Å². The summed E-state index contributed by atoms with van der Waals surface area (Å²) >= 11 is 0. The molecule has 1 atom stereocenters. The summed E-state index contributed by atoms with van der Waals surface area (Å²) in [4.78, 5) is 0. The molecule has 0 aliphatic rings. The van der Waals surface area contributed by atoms with Crippen molar-refractivity contribution in [3.63, 3.8) is 0 Å². The van der Waals surface area contributed by atoms with E-state index in [1.807, 2.05) is 18.2 Å². The molecule has 3 heteroatoms. The van der Waals surface area contributed by atoms with Crippen molar-refractivity contribution in [2.45, 2.75) is 39.2 Å². The van der Waals surface area contributed by atoms with E-state index in [4.69, 9.17) is 10.5 Å². The van der Waals surface area contributed by atoms with Crippen molar-refractivity contribution in [1.29, 1.82) is 0 Å². The van der Waals surface area contributed by atoms with Crippen molar-refractivity contribution < 1.29 is 4.74 Å². The normalized spacial score (nSPS) is 11.7. The Morgan fingerprint density at radius 1 is 1.25 bits per heavy atom. The highest BCUT2D eigenvalue weighted by Crippen LogP contribution is 2.19. The van der Waals surface area contributed by atoms with E-state index in [2.05, 4.69) is 19.9 Å². The fourth-order valence-electron chi connectivity index (χ4n) is 1.45. The summed E-state index contributed by atoms with van der Waals surface area (Å²) in [5, 5.41) is 0. The standard InChI is InChI=1S/C13H21NO.ClH/c1-3-9-15-13-8-6-5-7-11(13)10-12(14)4-2;/h5-8,12H,3-4,9-10,14H2,1-2H3;1H. The zero-order valence-corrected chi connectivity index (χ0v) is 10.9. The third-order valence-corrected chi connectivity index (χ3v) is 2.44. The minimum Gasteiger partial charge on any atom is -0.493 e. The smallest absolute Gasteiger partial charge is 0.122 e. The van der Waals surface area contributed by atoms with Gasteiger partial charge < -0.3 is 10.5 Å². The molecule has 1 aromatic carbocycles. The first-order valence-corrected chi connectivity index (χ1v) is 5.74. The molecule has 0 spiro atoms. The molecule has 2 nitrogen and oxygen atoms in total. The Balaban J connectivity index is 0.00000225. The molecule has 92 valence electrons. The molecule has 0 aliphatic heterocycles. The molecule has 0 radical (unpaired) electrons. The summed E-state index contributed by atoms with van der Waals surface area (Å²) in [7, 11) is 0. The van der Waals surface area contributed by atoms with Crippen LogP contribution in [0.3, 0.4) is 0 Å². The Morgan fingerprint density at radius 3 is 2.56 bits per heavy atom. The zero-order chi connectivity index (χ0) is 11.1. The highest BCUT2D eigenvalue weighted by atomic mass is 35.5. The monoisotopic (exact) mass is 243 g/mol. The molecule has 0 aromatic heterocycles. The van der Waals surface area contributed by atoms with Crippen LogP contribution in [0.5, 0.6) is 5.75 Å². The zero-order valence-electron chi connectivity index (χ0n) is 10.1. The lowest BCUT2D eigenvalue weighted by Gasteiger charge is -2.13. The topological polar surface area (TPSA) is 35.2 Å². The lowest BCUT2D eigenvalue weighted by molar-refractivity contribution is 0.313. The van der Waals surface area contributed by atoms with Gasteiger partial charge in [0.05, 0.1) is 6.61 Å². The van der Waals surface area contributed by atoms with Gasteiger partial charge >= 0.3 is 0 Å². The number of benzene rings is 1. The molecule has 0 saturated heterocycles. The second-order valence-electron chi connectivity index (χ2n) is 3.83. The van der Waals surface area contributed by atoms with Gasteiger partial charge in [0.15, 0.2) is 0 Å². The molecule has 2 N–H and O–H groups in total. The second-order valence-corrected chi connectivity index (χ2v) is 3.83. The lowest BCUT2D eigenvalue weighted by atomic mass is 10.0. The first kappa shape index (κ1) is 15.3. The maximum atomic E-state index is 5.95. The average molecular weight is 244 g/mol. The highest BCUT2D eigenvalue weighted by Gasteiger charge is 2.06. The van der Waals surface area contributed by atoms with Gasteiger partial charge in [-0.05, 0) is 30.9 Å². The summed E-state index contributed by atoms with van der Waals surface area (Å²) < 4.78 is 5.68. The van der Waals surface area contributed by atoms with Crippen LogP contribution in [-0.2, 0) is 6.42 Å².